The predicted molar refractivity (Wildman–Crippen MR) is 52.2 cm³/mol. The molecule has 0 amide bonds. The molecule has 2 rings (SSSR count). The first-order valence-electron chi connectivity index (χ1n) is 4.37. The van der Waals surface area contributed by atoms with Crippen LogP contribution in [-0.2, 0) is 4.74 Å². The highest BCUT2D eigenvalue weighted by Gasteiger charge is 2.19. The molecule has 0 saturated heterocycles. The molecule has 0 spiro atoms. The molecule has 78 valence electrons. The lowest BCUT2D eigenvalue weighted by Crippen LogP contribution is -2.03. The van der Waals surface area contributed by atoms with E-state index in [0.29, 0.717) is 5.69 Å². The molecule has 6 heteroatoms. The smallest absolute Gasteiger partial charge is 0.360 e. The van der Waals surface area contributed by atoms with Crippen LogP contribution in [0.2, 0.25) is 0 Å². The Labute approximate surface area is 85.7 Å². The van der Waals surface area contributed by atoms with Crippen molar-refractivity contribution in [2.75, 3.05) is 7.11 Å². The van der Waals surface area contributed by atoms with Gasteiger partial charge in [-0.3, -0.25) is 0 Å². The molecule has 2 aromatic heterocycles. The number of aromatic amines is 2. The number of carbonyl (C=O) groups excluding carboxylic acids is 1. The summed E-state index contributed by atoms with van der Waals surface area (Å²) >= 11 is 0. The molecule has 2 aromatic rings. The fourth-order valence-electron chi connectivity index (χ4n) is 1.35. The number of ether oxygens (including phenoxy) is 1. The van der Waals surface area contributed by atoms with Gasteiger partial charge in [0.2, 0.25) is 0 Å². The predicted octanol–water partition coefficient (Wildman–Crippen LogP) is 0.895. The molecule has 2 N–H and O–H groups in total. The van der Waals surface area contributed by atoms with E-state index < -0.39 is 5.97 Å². The van der Waals surface area contributed by atoms with Gasteiger partial charge >= 0.3 is 5.97 Å². The fraction of sp³-hybridized carbons (Fsp3) is 0.222. The van der Waals surface area contributed by atoms with Gasteiger partial charge in [-0.25, -0.2) is 4.79 Å². The molecule has 0 aliphatic heterocycles. The maximum Gasteiger partial charge on any atom is 0.360 e. The topological polar surface area (TPSA) is 83.7 Å². The van der Waals surface area contributed by atoms with Crippen molar-refractivity contribution in [1.82, 2.24) is 20.4 Å². The maximum absolute atomic E-state index is 11.3. The third-order valence-electron chi connectivity index (χ3n) is 2.13. The number of nitrogens with one attached hydrogen (secondary N) is 2. The number of methoxy groups -OCH3 is 1. The summed E-state index contributed by atoms with van der Waals surface area (Å²) in [4.78, 5) is 14.3. The second kappa shape index (κ2) is 3.56. The van der Waals surface area contributed by atoms with E-state index in [9.17, 15) is 4.79 Å². The minimum Gasteiger partial charge on any atom is -0.464 e. The Morgan fingerprint density at radius 1 is 1.40 bits per heavy atom. The maximum atomic E-state index is 11.3. The Kier molecular flexibility index (Phi) is 2.24. The first-order valence-corrected chi connectivity index (χ1v) is 4.37. The van der Waals surface area contributed by atoms with Crippen molar-refractivity contribution in [2.45, 2.75) is 6.92 Å². The summed E-state index contributed by atoms with van der Waals surface area (Å²) in [5, 5.41) is 10.1. The molecule has 0 aliphatic carbocycles. The molecule has 0 unspecified atom stereocenters. The highest BCUT2D eigenvalue weighted by molar-refractivity contribution is 5.94. The van der Waals surface area contributed by atoms with Gasteiger partial charge in [0, 0.05) is 18.0 Å². The zero-order valence-corrected chi connectivity index (χ0v) is 8.37. The van der Waals surface area contributed by atoms with E-state index in [1.165, 1.54) is 7.11 Å². The van der Waals surface area contributed by atoms with Gasteiger partial charge in [-0.15, -0.1) is 5.10 Å². The first kappa shape index (κ1) is 9.45. The van der Waals surface area contributed by atoms with E-state index in [0.717, 1.165) is 11.1 Å². The molecule has 0 fully saturated rings. The highest BCUT2D eigenvalue weighted by atomic mass is 16.5. The number of aryl methyl sites for hydroxylation is 1. The van der Waals surface area contributed by atoms with Crippen LogP contribution >= 0.6 is 0 Å². The standard InChI is InChI=1S/C9H10N4O2/c1-5-3-10-4-6(5)7-8(9(14)15-2)12-13-11-7/h3-4,10H,1-2H3,(H,11,12,13). The van der Waals surface area contributed by atoms with Crippen LogP contribution in [0.3, 0.4) is 0 Å². The number of aromatic nitrogens is 4. The molecule has 0 saturated carbocycles. The largest absolute Gasteiger partial charge is 0.464 e. The van der Waals surface area contributed by atoms with Crippen LogP contribution in [-0.4, -0.2) is 33.5 Å². The molecule has 6 nitrogen and oxygen atoms in total. The van der Waals surface area contributed by atoms with Crippen molar-refractivity contribution < 1.29 is 9.53 Å². The van der Waals surface area contributed by atoms with Gasteiger partial charge in [0.05, 0.1) is 7.11 Å². The van der Waals surface area contributed by atoms with E-state index in [-0.39, 0.29) is 5.69 Å². The molecule has 0 atom stereocenters. The number of carbonyl (C=O) groups is 1. The second-order valence-corrected chi connectivity index (χ2v) is 3.06. The van der Waals surface area contributed by atoms with Crippen LogP contribution in [0.25, 0.3) is 11.3 Å². The molecule has 15 heavy (non-hydrogen) atoms. The Morgan fingerprint density at radius 3 is 2.80 bits per heavy atom. The summed E-state index contributed by atoms with van der Waals surface area (Å²) < 4.78 is 4.60. The highest BCUT2D eigenvalue weighted by Crippen LogP contribution is 2.23. The second-order valence-electron chi connectivity index (χ2n) is 3.06. The molecule has 0 radical (unpaired) electrons. The quantitative estimate of drug-likeness (QED) is 0.715. The molecule has 0 bridgehead atoms. The van der Waals surface area contributed by atoms with Crippen molar-refractivity contribution in [3.05, 3.63) is 23.7 Å². The van der Waals surface area contributed by atoms with Crippen molar-refractivity contribution in [1.29, 1.82) is 0 Å². The van der Waals surface area contributed by atoms with E-state index >= 15 is 0 Å². The van der Waals surface area contributed by atoms with Crippen LogP contribution in [0.15, 0.2) is 12.4 Å². The normalized spacial score (nSPS) is 10.3. The molecular weight excluding hydrogens is 196 g/mol. The van der Waals surface area contributed by atoms with Crippen molar-refractivity contribution in [3.8, 4) is 11.3 Å². The number of hydrogen-bond donors (Lipinski definition) is 2. The summed E-state index contributed by atoms with van der Waals surface area (Å²) in [5.74, 6) is -0.501. The third-order valence-corrected chi connectivity index (χ3v) is 2.13. The number of esters is 1. The summed E-state index contributed by atoms with van der Waals surface area (Å²) in [5.41, 5.74) is 2.53. The van der Waals surface area contributed by atoms with Gasteiger partial charge in [-0.1, -0.05) is 0 Å². The van der Waals surface area contributed by atoms with Gasteiger partial charge in [0.15, 0.2) is 5.69 Å². The lowest BCUT2D eigenvalue weighted by Gasteiger charge is -1.97. The summed E-state index contributed by atoms with van der Waals surface area (Å²) in [6.07, 6.45) is 3.59. The van der Waals surface area contributed by atoms with Gasteiger partial charge in [-0.2, -0.15) is 10.3 Å². The number of H-pyrrole nitrogens is 2. The van der Waals surface area contributed by atoms with Crippen molar-refractivity contribution in [2.24, 2.45) is 0 Å². The Balaban J connectivity index is 2.50. The van der Waals surface area contributed by atoms with Crippen LogP contribution < -0.4 is 0 Å². The van der Waals surface area contributed by atoms with Crippen LogP contribution in [0, 0.1) is 6.92 Å². The van der Waals surface area contributed by atoms with Crippen LogP contribution in [0.1, 0.15) is 16.1 Å². The minimum atomic E-state index is -0.501. The van der Waals surface area contributed by atoms with E-state index in [2.05, 4.69) is 25.1 Å². The van der Waals surface area contributed by atoms with Crippen LogP contribution in [0.5, 0.6) is 0 Å². The molecular formula is C9H10N4O2. The van der Waals surface area contributed by atoms with Gasteiger partial charge < -0.3 is 9.72 Å². The fourth-order valence-corrected chi connectivity index (χ4v) is 1.35. The van der Waals surface area contributed by atoms with E-state index in [1.54, 1.807) is 6.20 Å². The van der Waals surface area contributed by atoms with E-state index in [1.807, 2.05) is 13.1 Å². The summed E-state index contributed by atoms with van der Waals surface area (Å²) in [6, 6.07) is 0. The van der Waals surface area contributed by atoms with Crippen LogP contribution in [0.4, 0.5) is 0 Å². The molecule has 0 aromatic carbocycles. The van der Waals surface area contributed by atoms with Crippen molar-refractivity contribution in [3.63, 3.8) is 0 Å². The monoisotopic (exact) mass is 206 g/mol. The SMILES string of the molecule is COC(=O)c1n[nH]nc1-c1c[nH]cc1C. The van der Waals surface area contributed by atoms with Gasteiger partial charge in [0.1, 0.15) is 5.69 Å². The van der Waals surface area contributed by atoms with Crippen molar-refractivity contribution >= 4 is 5.97 Å². The zero-order valence-electron chi connectivity index (χ0n) is 8.37. The average molecular weight is 206 g/mol. The molecule has 2 heterocycles. The Hall–Kier alpha value is -2.11. The van der Waals surface area contributed by atoms with Gasteiger partial charge in [-0.05, 0) is 12.5 Å². The number of nitrogens with zero attached hydrogens (tertiary/aromatic N) is 2. The van der Waals surface area contributed by atoms with Gasteiger partial charge in [0.25, 0.3) is 0 Å². The lowest BCUT2D eigenvalue weighted by molar-refractivity contribution is 0.0595. The molecule has 0 aliphatic rings. The minimum absolute atomic E-state index is 0.195. The Bertz CT molecular complexity index is 486. The Morgan fingerprint density at radius 2 is 2.20 bits per heavy atom. The lowest BCUT2D eigenvalue weighted by atomic mass is 10.1. The average Bonchev–Trinajstić information content (AvgIpc) is 2.84. The first-order chi connectivity index (χ1) is 7.24. The summed E-state index contributed by atoms with van der Waals surface area (Å²) in [7, 11) is 1.31. The summed E-state index contributed by atoms with van der Waals surface area (Å²) in [6.45, 7) is 1.92. The zero-order chi connectivity index (χ0) is 10.8. The third kappa shape index (κ3) is 1.50. The number of rotatable bonds is 2. The number of hydrogen-bond acceptors (Lipinski definition) is 4. The van der Waals surface area contributed by atoms with E-state index in [4.69, 9.17) is 0 Å².